The van der Waals surface area contributed by atoms with Gasteiger partial charge in [-0.3, -0.25) is 0 Å². The van der Waals surface area contributed by atoms with Crippen LogP contribution < -0.4 is 0 Å². The molecule has 0 aromatic carbocycles. The summed E-state index contributed by atoms with van der Waals surface area (Å²) in [5.74, 6) is 3.06. The summed E-state index contributed by atoms with van der Waals surface area (Å²) in [5, 5.41) is 9.14. The first-order valence-corrected chi connectivity index (χ1v) is 8.89. The predicted molar refractivity (Wildman–Crippen MR) is 84.4 cm³/mol. The van der Waals surface area contributed by atoms with E-state index < -0.39 is 0 Å². The van der Waals surface area contributed by atoms with E-state index in [2.05, 4.69) is 56.7 Å². The summed E-state index contributed by atoms with van der Waals surface area (Å²) in [7, 11) is 0. The molecule has 4 rings (SSSR count). The Hall–Kier alpha value is -0.680. The van der Waals surface area contributed by atoms with Crippen molar-refractivity contribution < 1.29 is 0 Å². The molecule has 2 aliphatic rings. The fourth-order valence-corrected chi connectivity index (χ4v) is 4.29. The van der Waals surface area contributed by atoms with E-state index >= 15 is 0 Å². The molecule has 0 N–H and O–H groups in total. The molecule has 0 amide bonds. The van der Waals surface area contributed by atoms with E-state index in [1.807, 2.05) is 0 Å². The van der Waals surface area contributed by atoms with Crippen LogP contribution in [0.15, 0.2) is 15.9 Å². The Morgan fingerprint density at radius 2 is 1.95 bits per heavy atom. The van der Waals surface area contributed by atoms with Gasteiger partial charge in [0.15, 0.2) is 0 Å². The van der Waals surface area contributed by atoms with Crippen molar-refractivity contribution in [1.82, 2.24) is 14.8 Å². The van der Waals surface area contributed by atoms with Gasteiger partial charge in [0, 0.05) is 16.8 Å². The van der Waals surface area contributed by atoms with Crippen molar-refractivity contribution in [3.05, 3.63) is 32.4 Å². The summed E-state index contributed by atoms with van der Waals surface area (Å²) in [5.41, 5.74) is -0.0700. The third-order valence-electron chi connectivity index (χ3n) is 4.32. The van der Waals surface area contributed by atoms with E-state index in [4.69, 9.17) is 0 Å². The van der Waals surface area contributed by atoms with E-state index in [0.29, 0.717) is 12.0 Å². The highest BCUT2D eigenvalue weighted by Crippen LogP contribution is 2.47. The standard InChI is InChI=1S/C15H18BrN3S/c1-15(2,11-7-8-12(16)20-11)14-18-17-13(9-3-4-9)19(14)10-5-6-10/h7-10H,3-6H2,1-2H3. The lowest BCUT2D eigenvalue weighted by molar-refractivity contribution is 0.533. The largest absolute Gasteiger partial charge is 0.311 e. The molecule has 2 saturated carbocycles. The average molecular weight is 352 g/mol. The van der Waals surface area contributed by atoms with Gasteiger partial charge in [-0.15, -0.1) is 21.5 Å². The maximum Gasteiger partial charge on any atom is 0.144 e. The maximum absolute atomic E-state index is 4.60. The molecule has 2 heterocycles. The number of rotatable bonds is 4. The highest BCUT2D eigenvalue weighted by molar-refractivity contribution is 9.11. The molecule has 3 nitrogen and oxygen atoms in total. The van der Waals surface area contributed by atoms with Gasteiger partial charge in [-0.25, -0.2) is 0 Å². The molecule has 0 unspecified atom stereocenters. The summed E-state index contributed by atoms with van der Waals surface area (Å²) in [4.78, 5) is 1.35. The first-order valence-electron chi connectivity index (χ1n) is 7.28. The number of hydrogen-bond acceptors (Lipinski definition) is 3. The lowest BCUT2D eigenvalue weighted by atomic mass is 9.90. The van der Waals surface area contributed by atoms with Crippen LogP contribution in [-0.4, -0.2) is 14.8 Å². The zero-order valence-corrected chi connectivity index (χ0v) is 14.2. The molecule has 0 radical (unpaired) electrons. The van der Waals surface area contributed by atoms with Gasteiger partial charge in [-0.05, 0) is 67.6 Å². The lowest BCUT2D eigenvalue weighted by Gasteiger charge is -2.23. The number of halogens is 1. The van der Waals surface area contributed by atoms with Crippen LogP contribution in [0.1, 0.15) is 68.0 Å². The van der Waals surface area contributed by atoms with Crippen LogP contribution >= 0.6 is 27.3 Å². The molecule has 106 valence electrons. The van der Waals surface area contributed by atoms with Gasteiger partial charge >= 0.3 is 0 Å². The second-order valence-electron chi connectivity index (χ2n) is 6.49. The molecule has 0 atom stereocenters. The van der Waals surface area contributed by atoms with Gasteiger partial charge in [0.2, 0.25) is 0 Å². The van der Waals surface area contributed by atoms with Crippen molar-refractivity contribution in [1.29, 1.82) is 0 Å². The molecule has 0 spiro atoms. The first kappa shape index (κ1) is 13.0. The summed E-state index contributed by atoms with van der Waals surface area (Å²) < 4.78 is 3.64. The zero-order chi connectivity index (χ0) is 13.9. The summed E-state index contributed by atoms with van der Waals surface area (Å²) >= 11 is 5.37. The normalized spacial score (nSPS) is 19.6. The number of hydrogen-bond donors (Lipinski definition) is 0. The minimum Gasteiger partial charge on any atom is -0.311 e. The van der Waals surface area contributed by atoms with Crippen molar-refractivity contribution in [2.75, 3.05) is 0 Å². The average Bonchev–Trinajstić information content (AvgIpc) is 3.34. The Morgan fingerprint density at radius 3 is 2.50 bits per heavy atom. The van der Waals surface area contributed by atoms with Crippen molar-refractivity contribution in [2.45, 2.75) is 56.9 Å². The van der Waals surface area contributed by atoms with Gasteiger partial charge in [0.1, 0.15) is 11.6 Å². The van der Waals surface area contributed by atoms with Crippen LogP contribution in [0.2, 0.25) is 0 Å². The molecule has 20 heavy (non-hydrogen) atoms. The SMILES string of the molecule is CC(C)(c1ccc(Br)s1)c1nnc(C2CC2)n1C1CC1. The minimum absolute atomic E-state index is 0.0700. The van der Waals surface area contributed by atoms with Crippen LogP contribution in [0, 0.1) is 0 Å². The Kier molecular flexibility index (Phi) is 2.87. The fraction of sp³-hybridized carbons (Fsp3) is 0.600. The van der Waals surface area contributed by atoms with E-state index in [1.54, 1.807) is 11.3 Å². The summed E-state index contributed by atoms with van der Waals surface area (Å²) in [6, 6.07) is 4.98. The van der Waals surface area contributed by atoms with E-state index in [-0.39, 0.29) is 5.41 Å². The number of nitrogens with zero attached hydrogens (tertiary/aromatic N) is 3. The molecule has 0 bridgehead atoms. The van der Waals surface area contributed by atoms with Crippen LogP contribution in [-0.2, 0) is 5.41 Å². The third kappa shape index (κ3) is 2.06. The monoisotopic (exact) mass is 351 g/mol. The smallest absolute Gasteiger partial charge is 0.144 e. The highest BCUT2D eigenvalue weighted by Gasteiger charge is 2.40. The predicted octanol–water partition coefficient (Wildman–Crippen LogP) is 4.64. The Morgan fingerprint density at radius 1 is 1.20 bits per heavy atom. The van der Waals surface area contributed by atoms with E-state index in [9.17, 15) is 0 Å². The van der Waals surface area contributed by atoms with Gasteiger partial charge in [-0.2, -0.15) is 0 Å². The second-order valence-corrected chi connectivity index (χ2v) is 8.95. The van der Waals surface area contributed by atoms with Crippen LogP contribution in [0.5, 0.6) is 0 Å². The molecular weight excluding hydrogens is 334 g/mol. The van der Waals surface area contributed by atoms with Gasteiger partial charge < -0.3 is 4.57 Å². The van der Waals surface area contributed by atoms with Crippen molar-refractivity contribution in [3.8, 4) is 0 Å². The molecule has 2 aromatic heterocycles. The maximum atomic E-state index is 4.60. The Balaban J connectivity index is 1.81. The zero-order valence-electron chi connectivity index (χ0n) is 11.8. The Bertz CT molecular complexity index is 650. The van der Waals surface area contributed by atoms with Crippen LogP contribution in [0.4, 0.5) is 0 Å². The molecule has 2 fully saturated rings. The van der Waals surface area contributed by atoms with Crippen LogP contribution in [0.25, 0.3) is 0 Å². The van der Waals surface area contributed by atoms with E-state index in [0.717, 1.165) is 5.82 Å². The quantitative estimate of drug-likeness (QED) is 0.803. The second kappa shape index (κ2) is 4.41. The highest BCUT2D eigenvalue weighted by atomic mass is 79.9. The molecule has 0 aliphatic heterocycles. The molecule has 5 heteroatoms. The van der Waals surface area contributed by atoms with Crippen molar-refractivity contribution >= 4 is 27.3 Å². The fourth-order valence-electron chi connectivity index (χ4n) is 2.80. The molecule has 2 aromatic rings. The minimum atomic E-state index is -0.0700. The van der Waals surface area contributed by atoms with Crippen LogP contribution in [0.3, 0.4) is 0 Å². The third-order valence-corrected chi connectivity index (χ3v) is 6.27. The molecule has 2 aliphatic carbocycles. The van der Waals surface area contributed by atoms with Gasteiger partial charge in [-0.1, -0.05) is 0 Å². The lowest BCUT2D eigenvalue weighted by Crippen LogP contribution is -2.23. The van der Waals surface area contributed by atoms with Crippen molar-refractivity contribution in [3.63, 3.8) is 0 Å². The number of aromatic nitrogens is 3. The van der Waals surface area contributed by atoms with Gasteiger partial charge in [0.05, 0.1) is 9.20 Å². The van der Waals surface area contributed by atoms with E-state index in [1.165, 1.54) is 40.2 Å². The first-order chi connectivity index (χ1) is 9.57. The van der Waals surface area contributed by atoms with Crippen molar-refractivity contribution in [2.24, 2.45) is 0 Å². The van der Waals surface area contributed by atoms with Gasteiger partial charge in [0.25, 0.3) is 0 Å². The molecule has 0 saturated heterocycles. The number of thiophene rings is 1. The molecular formula is C15H18BrN3S. The Labute approximate surface area is 131 Å². The summed E-state index contributed by atoms with van der Waals surface area (Å²) in [6.07, 6.45) is 5.15. The topological polar surface area (TPSA) is 30.7 Å². The summed E-state index contributed by atoms with van der Waals surface area (Å²) in [6.45, 7) is 4.54.